The van der Waals surface area contributed by atoms with Gasteiger partial charge in [0.2, 0.25) is 5.91 Å². The highest BCUT2D eigenvalue weighted by molar-refractivity contribution is 6.00. The van der Waals surface area contributed by atoms with Crippen molar-refractivity contribution in [1.29, 1.82) is 0 Å². The SMILES string of the molecule is C[C@H](NC(=O)c1cc(F)c(F)cc1[N+](=O)[O-])C(=O)N1CCOCC1. The van der Waals surface area contributed by atoms with E-state index in [2.05, 4.69) is 5.32 Å². The van der Waals surface area contributed by atoms with Crippen molar-refractivity contribution < 1.29 is 28.0 Å². The molecular formula is C14H15F2N3O5. The molecule has 0 spiro atoms. The topological polar surface area (TPSA) is 102 Å². The number of nitrogens with zero attached hydrogens (tertiary/aromatic N) is 2. The molecule has 0 aliphatic carbocycles. The summed E-state index contributed by atoms with van der Waals surface area (Å²) >= 11 is 0. The zero-order valence-electron chi connectivity index (χ0n) is 12.8. The number of rotatable bonds is 4. The van der Waals surface area contributed by atoms with Gasteiger partial charge < -0.3 is 15.0 Å². The number of carbonyl (C=O) groups is 2. The van der Waals surface area contributed by atoms with Crippen LogP contribution in [-0.2, 0) is 9.53 Å². The summed E-state index contributed by atoms with van der Waals surface area (Å²) in [5.41, 5.74) is -1.53. The summed E-state index contributed by atoms with van der Waals surface area (Å²) in [6.07, 6.45) is 0. The van der Waals surface area contributed by atoms with Gasteiger partial charge in [0.25, 0.3) is 11.6 Å². The number of nitro benzene ring substituents is 1. The summed E-state index contributed by atoms with van der Waals surface area (Å²) < 4.78 is 31.5. The van der Waals surface area contributed by atoms with E-state index in [-0.39, 0.29) is 0 Å². The van der Waals surface area contributed by atoms with Crippen molar-refractivity contribution in [2.24, 2.45) is 0 Å². The maximum atomic E-state index is 13.3. The highest BCUT2D eigenvalue weighted by Gasteiger charge is 2.28. The molecule has 2 rings (SSSR count). The van der Waals surface area contributed by atoms with Crippen LogP contribution in [-0.4, -0.2) is 54.0 Å². The molecule has 0 unspecified atom stereocenters. The second kappa shape index (κ2) is 7.30. The van der Waals surface area contributed by atoms with Crippen LogP contribution in [0.1, 0.15) is 17.3 Å². The number of halogens is 2. The smallest absolute Gasteiger partial charge is 0.285 e. The van der Waals surface area contributed by atoms with E-state index in [9.17, 15) is 28.5 Å². The molecule has 1 saturated heterocycles. The largest absolute Gasteiger partial charge is 0.378 e. The van der Waals surface area contributed by atoms with Gasteiger partial charge >= 0.3 is 0 Å². The lowest BCUT2D eigenvalue weighted by molar-refractivity contribution is -0.385. The monoisotopic (exact) mass is 343 g/mol. The second-order valence-electron chi connectivity index (χ2n) is 5.17. The van der Waals surface area contributed by atoms with E-state index in [4.69, 9.17) is 4.74 Å². The zero-order valence-corrected chi connectivity index (χ0v) is 12.8. The lowest BCUT2D eigenvalue weighted by Crippen LogP contribution is -2.50. The van der Waals surface area contributed by atoms with Gasteiger partial charge in [-0.15, -0.1) is 0 Å². The number of morpholine rings is 1. The van der Waals surface area contributed by atoms with Crippen molar-refractivity contribution in [1.82, 2.24) is 10.2 Å². The second-order valence-corrected chi connectivity index (χ2v) is 5.17. The van der Waals surface area contributed by atoms with Gasteiger partial charge in [-0.2, -0.15) is 0 Å². The number of nitro groups is 1. The van der Waals surface area contributed by atoms with Crippen molar-refractivity contribution in [3.05, 3.63) is 39.4 Å². The maximum Gasteiger partial charge on any atom is 0.285 e. The van der Waals surface area contributed by atoms with Crippen LogP contribution in [0.25, 0.3) is 0 Å². The summed E-state index contributed by atoms with van der Waals surface area (Å²) in [5.74, 6) is -4.25. The van der Waals surface area contributed by atoms with Gasteiger partial charge in [0.15, 0.2) is 11.6 Å². The first-order valence-corrected chi connectivity index (χ1v) is 7.12. The maximum absolute atomic E-state index is 13.3. The zero-order chi connectivity index (χ0) is 17.9. The fourth-order valence-corrected chi connectivity index (χ4v) is 2.26. The molecular weight excluding hydrogens is 328 g/mol. The third-order valence-electron chi connectivity index (χ3n) is 3.52. The molecule has 1 fully saturated rings. The number of benzene rings is 1. The van der Waals surface area contributed by atoms with Gasteiger partial charge in [-0.05, 0) is 13.0 Å². The standard InChI is InChI=1S/C14H15F2N3O5/c1-8(14(21)18-2-4-24-5-3-18)17-13(20)9-6-10(15)11(16)7-12(9)19(22)23/h6-8H,2-5H2,1H3,(H,17,20)/t8-/m0/s1. The molecule has 8 nitrogen and oxygen atoms in total. The summed E-state index contributed by atoms with van der Waals surface area (Å²) in [7, 11) is 0. The van der Waals surface area contributed by atoms with E-state index in [1.165, 1.54) is 11.8 Å². The van der Waals surface area contributed by atoms with Crippen molar-refractivity contribution in [3.63, 3.8) is 0 Å². The number of hydrogen-bond acceptors (Lipinski definition) is 5. The van der Waals surface area contributed by atoms with Crippen LogP contribution in [0.2, 0.25) is 0 Å². The molecule has 10 heteroatoms. The van der Waals surface area contributed by atoms with Crippen LogP contribution in [0.3, 0.4) is 0 Å². The number of nitrogens with one attached hydrogen (secondary N) is 1. The fraction of sp³-hybridized carbons (Fsp3) is 0.429. The van der Waals surface area contributed by atoms with Gasteiger partial charge in [0, 0.05) is 13.1 Å². The lowest BCUT2D eigenvalue weighted by Gasteiger charge is -2.29. The first-order valence-electron chi connectivity index (χ1n) is 7.12. The van der Waals surface area contributed by atoms with Gasteiger partial charge in [-0.3, -0.25) is 19.7 Å². The Balaban J connectivity index is 2.15. The summed E-state index contributed by atoms with van der Waals surface area (Å²) in [6.45, 7) is 2.89. The fourth-order valence-electron chi connectivity index (χ4n) is 2.26. The molecule has 1 aromatic rings. The van der Waals surface area contributed by atoms with Crippen molar-refractivity contribution in [2.45, 2.75) is 13.0 Å². The third-order valence-corrected chi connectivity index (χ3v) is 3.52. The molecule has 0 bridgehead atoms. The van der Waals surface area contributed by atoms with Crippen molar-refractivity contribution in [2.75, 3.05) is 26.3 Å². The van der Waals surface area contributed by atoms with E-state index in [0.717, 1.165) is 0 Å². The Labute approximate surface area is 135 Å². The molecule has 1 aliphatic heterocycles. The highest BCUT2D eigenvalue weighted by atomic mass is 19.2. The first kappa shape index (κ1) is 17.7. The summed E-state index contributed by atoms with van der Waals surface area (Å²) in [6, 6.07) is -0.212. The third kappa shape index (κ3) is 3.82. The van der Waals surface area contributed by atoms with Gasteiger partial charge in [-0.25, -0.2) is 8.78 Å². The van der Waals surface area contributed by atoms with E-state index < -0.39 is 45.7 Å². The minimum atomic E-state index is -1.43. The molecule has 0 saturated carbocycles. The van der Waals surface area contributed by atoms with Crippen LogP contribution >= 0.6 is 0 Å². The van der Waals surface area contributed by atoms with Gasteiger partial charge in [0.05, 0.1) is 24.2 Å². The quantitative estimate of drug-likeness (QED) is 0.645. The Morgan fingerprint density at radius 1 is 1.29 bits per heavy atom. The van der Waals surface area contributed by atoms with Crippen LogP contribution in [0.5, 0.6) is 0 Å². The van der Waals surface area contributed by atoms with E-state index in [0.29, 0.717) is 38.4 Å². The molecule has 1 heterocycles. The Hall–Kier alpha value is -2.62. The molecule has 0 aromatic heterocycles. The Bertz CT molecular complexity index is 677. The van der Waals surface area contributed by atoms with Crippen LogP contribution in [0, 0.1) is 21.7 Å². The molecule has 1 aliphatic rings. The van der Waals surface area contributed by atoms with Gasteiger partial charge in [0.1, 0.15) is 11.6 Å². The molecule has 0 radical (unpaired) electrons. The number of ether oxygens (including phenoxy) is 1. The van der Waals surface area contributed by atoms with Crippen LogP contribution in [0.15, 0.2) is 12.1 Å². The van der Waals surface area contributed by atoms with E-state index in [1.807, 2.05) is 0 Å². The summed E-state index contributed by atoms with van der Waals surface area (Å²) in [4.78, 5) is 35.7. The predicted molar refractivity (Wildman–Crippen MR) is 77.3 cm³/mol. The molecule has 1 aromatic carbocycles. The minimum Gasteiger partial charge on any atom is -0.378 e. The van der Waals surface area contributed by atoms with Crippen LogP contribution in [0.4, 0.5) is 14.5 Å². The molecule has 1 atom stereocenters. The van der Waals surface area contributed by atoms with Gasteiger partial charge in [-0.1, -0.05) is 0 Å². The number of amides is 2. The summed E-state index contributed by atoms with van der Waals surface area (Å²) in [5, 5.41) is 13.2. The average molecular weight is 343 g/mol. The number of hydrogen-bond donors (Lipinski definition) is 1. The number of carbonyl (C=O) groups excluding carboxylic acids is 2. The molecule has 1 N–H and O–H groups in total. The van der Waals surface area contributed by atoms with Crippen molar-refractivity contribution in [3.8, 4) is 0 Å². The first-order chi connectivity index (χ1) is 11.3. The molecule has 2 amide bonds. The minimum absolute atomic E-state index is 0.332. The Morgan fingerprint density at radius 2 is 1.88 bits per heavy atom. The van der Waals surface area contributed by atoms with E-state index in [1.54, 1.807) is 0 Å². The van der Waals surface area contributed by atoms with Crippen LogP contribution < -0.4 is 5.32 Å². The molecule has 130 valence electrons. The Morgan fingerprint density at radius 3 is 2.46 bits per heavy atom. The average Bonchev–Trinajstić information content (AvgIpc) is 2.56. The lowest BCUT2D eigenvalue weighted by atomic mass is 10.1. The normalized spacial score (nSPS) is 15.7. The molecule has 24 heavy (non-hydrogen) atoms. The van der Waals surface area contributed by atoms with E-state index >= 15 is 0 Å². The highest BCUT2D eigenvalue weighted by Crippen LogP contribution is 2.22. The van der Waals surface area contributed by atoms with Crippen molar-refractivity contribution >= 4 is 17.5 Å². The Kier molecular flexibility index (Phi) is 5.39. The predicted octanol–water partition coefficient (Wildman–Crippen LogP) is 0.850.